The summed E-state index contributed by atoms with van der Waals surface area (Å²) < 4.78 is 16.1. The Morgan fingerprint density at radius 3 is 2.79 bits per heavy atom. The van der Waals surface area contributed by atoms with Crippen molar-refractivity contribution in [1.82, 2.24) is 0 Å². The van der Waals surface area contributed by atoms with Crippen molar-refractivity contribution in [3.8, 4) is 5.75 Å². The van der Waals surface area contributed by atoms with E-state index in [1.54, 1.807) is 7.11 Å². The molecule has 1 heterocycles. The van der Waals surface area contributed by atoms with E-state index in [1.807, 2.05) is 24.3 Å². The Morgan fingerprint density at radius 1 is 1.42 bits per heavy atom. The molecule has 0 N–H and O–H groups in total. The first-order valence-electron chi connectivity index (χ1n) is 6.21. The van der Waals surface area contributed by atoms with Crippen molar-refractivity contribution in [2.45, 2.75) is 18.6 Å². The molecule has 1 fully saturated rings. The molecule has 1 aromatic carbocycles. The van der Waals surface area contributed by atoms with Gasteiger partial charge < -0.3 is 14.2 Å². The fraction of sp³-hybridized carbons (Fsp3) is 0.538. The fourth-order valence-corrected chi connectivity index (χ4v) is 2.06. The number of ether oxygens (including phenoxy) is 3. The number of rotatable bonds is 5. The molecule has 0 aromatic heterocycles. The second kappa shape index (κ2) is 6.99. The Morgan fingerprint density at radius 2 is 2.21 bits per heavy atom. The molecule has 102 valence electrons. The van der Waals surface area contributed by atoms with E-state index in [4.69, 9.17) is 19.7 Å². The molecule has 2 rings (SSSR count). The number of hydrogen-bond donors (Lipinski definition) is 0. The van der Waals surface area contributed by atoms with Crippen molar-refractivity contribution < 1.29 is 14.2 Å². The lowest BCUT2D eigenvalue weighted by Crippen LogP contribution is -2.29. The maximum absolute atomic E-state index is 8.69. The van der Waals surface area contributed by atoms with Crippen LogP contribution in [0.1, 0.15) is 18.0 Å². The Kier molecular flexibility index (Phi) is 5.03. The first-order chi connectivity index (χ1) is 9.33. The zero-order chi connectivity index (χ0) is 13.5. The van der Waals surface area contributed by atoms with Crippen LogP contribution in [0.3, 0.4) is 0 Å². The minimum absolute atomic E-state index is 0.0219. The van der Waals surface area contributed by atoms with Gasteiger partial charge in [-0.05, 0) is 29.6 Å². The molecule has 1 aromatic rings. The maximum Gasteiger partial charge on any atom is 0.118 e. The molecule has 19 heavy (non-hydrogen) atoms. The van der Waals surface area contributed by atoms with Gasteiger partial charge in [-0.2, -0.15) is 0 Å². The number of azide groups is 1. The summed E-state index contributed by atoms with van der Waals surface area (Å²) >= 11 is 0. The third kappa shape index (κ3) is 3.86. The van der Waals surface area contributed by atoms with Crippen LogP contribution in [0.4, 0.5) is 0 Å². The zero-order valence-electron chi connectivity index (χ0n) is 10.9. The van der Waals surface area contributed by atoms with E-state index >= 15 is 0 Å². The topological polar surface area (TPSA) is 76.5 Å². The largest absolute Gasteiger partial charge is 0.497 e. The number of nitrogens with zero attached hydrogens (tertiary/aromatic N) is 3. The minimum atomic E-state index is -0.248. The van der Waals surface area contributed by atoms with E-state index < -0.39 is 0 Å². The quantitative estimate of drug-likeness (QED) is 0.465. The lowest BCUT2D eigenvalue weighted by atomic mass is 10.0. The van der Waals surface area contributed by atoms with Crippen LogP contribution in [0.2, 0.25) is 0 Å². The summed E-state index contributed by atoms with van der Waals surface area (Å²) in [5.41, 5.74) is 9.64. The summed E-state index contributed by atoms with van der Waals surface area (Å²) in [6.45, 7) is 1.77. The van der Waals surface area contributed by atoms with Crippen LogP contribution in [0.25, 0.3) is 10.4 Å². The summed E-state index contributed by atoms with van der Waals surface area (Å²) in [7, 11) is 1.62. The summed E-state index contributed by atoms with van der Waals surface area (Å²) in [5.74, 6) is 0.778. The highest BCUT2D eigenvalue weighted by molar-refractivity contribution is 5.29. The van der Waals surface area contributed by atoms with Crippen LogP contribution in [-0.2, 0) is 9.47 Å². The van der Waals surface area contributed by atoms with Crippen molar-refractivity contribution in [3.05, 3.63) is 40.3 Å². The Balaban J connectivity index is 2.07. The molecule has 0 aliphatic carbocycles. The summed E-state index contributed by atoms with van der Waals surface area (Å²) in [6, 6.07) is 7.27. The van der Waals surface area contributed by atoms with Gasteiger partial charge in [0.05, 0.1) is 39.1 Å². The molecule has 2 unspecified atom stereocenters. The Hall–Kier alpha value is -1.75. The zero-order valence-corrected chi connectivity index (χ0v) is 10.9. The van der Waals surface area contributed by atoms with Crippen LogP contribution in [-0.4, -0.2) is 33.0 Å². The molecule has 1 aliphatic rings. The smallest absolute Gasteiger partial charge is 0.118 e. The van der Waals surface area contributed by atoms with E-state index in [1.165, 1.54) is 0 Å². The molecule has 0 bridgehead atoms. The van der Waals surface area contributed by atoms with Crippen LogP contribution >= 0.6 is 0 Å². The predicted octanol–water partition coefficient (Wildman–Crippen LogP) is 2.85. The van der Waals surface area contributed by atoms with Crippen LogP contribution in [0.5, 0.6) is 5.75 Å². The Labute approximate surface area is 111 Å². The van der Waals surface area contributed by atoms with Gasteiger partial charge in [0.1, 0.15) is 5.75 Å². The SMILES string of the molecule is COc1ccc(C(CC2COCCO2)N=[N+]=[N-])cc1. The van der Waals surface area contributed by atoms with Gasteiger partial charge in [0.2, 0.25) is 0 Å². The number of methoxy groups -OCH3 is 1. The highest BCUT2D eigenvalue weighted by atomic mass is 16.6. The monoisotopic (exact) mass is 263 g/mol. The molecule has 2 atom stereocenters. The van der Waals surface area contributed by atoms with Gasteiger partial charge in [0, 0.05) is 4.91 Å². The number of benzene rings is 1. The molecule has 1 aliphatic heterocycles. The first-order valence-corrected chi connectivity index (χ1v) is 6.21. The lowest BCUT2D eigenvalue weighted by Gasteiger charge is -2.25. The third-order valence-corrected chi connectivity index (χ3v) is 3.06. The predicted molar refractivity (Wildman–Crippen MR) is 70.1 cm³/mol. The van der Waals surface area contributed by atoms with E-state index in [9.17, 15) is 0 Å². The van der Waals surface area contributed by atoms with Gasteiger partial charge in [-0.1, -0.05) is 17.2 Å². The van der Waals surface area contributed by atoms with E-state index in [2.05, 4.69) is 10.0 Å². The standard InChI is InChI=1S/C13H17N3O3/c1-17-11-4-2-10(3-5-11)13(15-16-14)8-12-9-18-6-7-19-12/h2-5,12-13H,6-9H2,1H3. The van der Waals surface area contributed by atoms with Crippen LogP contribution in [0.15, 0.2) is 29.4 Å². The van der Waals surface area contributed by atoms with Gasteiger partial charge >= 0.3 is 0 Å². The molecular weight excluding hydrogens is 246 g/mol. The van der Waals surface area contributed by atoms with E-state index in [0.717, 1.165) is 11.3 Å². The molecule has 0 amide bonds. The molecule has 6 heteroatoms. The molecule has 1 saturated heterocycles. The summed E-state index contributed by atoms with van der Waals surface area (Å²) in [5, 5.41) is 3.85. The highest BCUT2D eigenvalue weighted by Gasteiger charge is 2.20. The fourth-order valence-electron chi connectivity index (χ4n) is 2.06. The molecular formula is C13H17N3O3. The van der Waals surface area contributed by atoms with Crippen molar-refractivity contribution in [1.29, 1.82) is 0 Å². The maximum atomic E-state index is 8.69. The lowest BCUT2D eigenvalue weighted by molar-refractivity contribution is -0.0926. The van der Waals surface area contributed by atoms with Gasteiger partial charge in [0.25, 0.3) is 0 Å². The van der Waals surface area contributed by atoms with Crippen molar-refractivity contribution in [2.24, 2.45) is 5.11 Å². The van der Waals surface area contributed by atoms with Crippen molar-refractivity contribution in [3.63, 3.8) is 0 Å². The molecule has 0 radical (unpaired) electrons. The van der Waals surface area contributed by atoms with Crippen molar-refractivity contribution in [2.75, 3.05) is 26.9 Å². The average Bonchev–Trinajstić information content (AvgIpc) is 2.48. The third-order valence-electron chi connectivity index (χ3n) is 3.06. The van der Waals surface area contributed by atoms with Gasteiger partial charge in [-0.3, -0.25) is 0 Å². The second-order valence-electron chi connectivity index (χ2n) is 4.30. The first kappa shape index (κ1) is 13.7. The van der Waals surface area contributed by atoms with Crippen molar-refractivity contribution >= 4 is 0 Å². The van der Waals surface area contributed by atoms with Crippen LogP contribution in [0, 0.1) is 0 Å². The van der Waals surface area contributed by atoms with Gasteiger partial charge in [0.15, 0.2) is 0 Å². The normalized spacial score (nSPS) is 20.4. The summed E-state index contributed by atoms with van der Waals surface area (Å²) in [4.78, 5) is 2.92. The van der Waals surface area contributed by atoms with Gasteiger partial charge in [-0.25, -0.2) is 0 Å². The molecule has 6 nitrogen and oxygen atoms in total. The van der Waals surface area contributed by atoms with E-state index in [-0.39, 0.29) is 12.1 Å². The van der Waals surface area contributed by atoms with E-state index in [0.29, 0.717) is 26.2 Å². The molecule has 0 spiro atoms. The number of hydrogen-bond acceptors (Lipinski definition) is 4. The summed E-state index contributed by atoms with van der Waals surface area (Å²) in [6.07, 6.45) is 0.600. The second-order valence-corrected chi connectivity index (χ2v) is 4.30. The minimum Gasteiger partial charge on any atom is -0.497 e. The van der Waals surface area contributed by atoms with Crippen LogP contribution < -0.4 is 4.74 Å². The average molecular weight is 263 g/mol. The Bertz CT molecular complexity index is 437. The molecule has 0 saturated carbocycles. The highest BCUT2D eigenvalue weighted by Crippen LogP contribution is 2.26. The van der Waals surface area contributed by atoms with Gasteiger partial charge in [-0.15, -0.1) is 0 Å².